The molecule has 0 unspecified atom stereocenters. The van der Waals surface area contributed by atoms with Crippen LogP contribution in [0.15, 0.2) is 29.4 Å². The summed E-state index contributed by atoms with van der Waals surface area (Å²) in [5, 5.41) is 10.1. The number of carboxylic acids is 1. The lowest BCUT2D eigenvalue weighted by atomic mass is 10.2. The standard InChI is InChI=1S/C17H21N3O4S/c1-17(2,3)24-16(23)20-9-10(8-13(20)14(21)22)25-15-18-11-6-4-5-7-12(11)19-15/h4-7,10,13H,8-9H2,1-3H3,(H,18,19)(H,21,22)/t10-,13+/m1/s1. The van der Waals surface area contributed by atoms with Crippen molar-refractivity contribution in [3.8, 4) is 0 Å². The lowest BCUT2D eigenvalue weighted by Gasteiger charge is -2.26. The molecule has 8 heteroatoms. The highest BCUT2D eigenvalue weighted by Crippen LogP contribution is 2.33. The van der Waals surface area contributed by atoms with Crippen molar-refractivity contribution in [1.82, 2.24) is 14.9 Å². The number of fused-ring (bicyclic) bond motifs is 1. The zero-order chi connectivity index (χ0) is 18.2. The number of nitrogens with zero attached hydrogens (tertiary/aromatic N) is 2. The number of nitrogens with one attached hydrogen (secondary N) is 1. The van der Waals surface area contributed by atoms with Gasteiger partial charge in [-0.15, -0.1) is 0 Å². The van der Waals surface area contributed by atoms with Crippen molar-refractivity contribution < 1.29 is 19.4 Å². The average Bonchev–Trinajstić information content (AvgIpc) is 3.09. The second kappa shape index (κ2) is 6.59. The van der Waals surface area contributed by atoms with Gasteiger partial charge in [0.1, 0.15) is 11.6 Å². The van der Waals surface area contributed by atoms with Crippen LogP contribution in [0.25, 0.3) is 11.0 Å². The van der Waals surface area contributed by atoms with Gasteiger partial charge in [-0.25, -0.2) is 14.6 Å². The Morgan fingerprint density at radius 2 is 2.08 bits per heavy atom. The highest BCUT2D eigenvalue weighted by atomic mass is 32.2. The number of H-pyrrole nitrogens is 1. The second-order valence-corrected chi connectivity index (χ2v) is 8.31. The van der Waals surface area contributed by atoms with Crippen molar-refractivity contribution in [2.75, 3.05) is 6.54 Å². The van der Waals surface area contributed by atoms with Crippen LogP contribution in [0.4, 0.5) is 4.79 Å². The lowest BCUT2D eigenvalue weighted by molar-refractivity contribution is -0.142. The maximum atomic E-state index is 12.3. The number of thioether (sulfide) groups is 1. The Balaban J connectivity index is 1.73. The largest absolute Gasteiger partial charge is 0.480 e. The summed E-state index contributed by atoms with van der Waals surface area (Å²) in [6.45, 7) is 5.60. The monoisotopic (exact) mass is 363 g/mol. The number of hydrogen-bond donors (Lipinski definition) is 2. The Morgan fingerprint density at radius 3 is 2.72 bits per heavy atom. The predicted octanol–water partition coefficient (Wildman–Crippen LogP) is 3.12. The van der Waals surface area contributed by atoms with E-state index in [1.807, 2.05) is 24.3 Å². The van der Waals surface area contributed by atoms with Crippen LogP contribution in [-0.2, 0) is 9.53 Å². The van der Waals surface area contributed by atoms with Crippen molar-refractivity contribution in [3.05, 3.63) is 24.3 Å². The lowest BCUT2D eigenvalue weighted by Crippen LogP contribution is -2.43. The number of likely N-dealkylation sites (tertiary alicyclic amines) is 1. The van der Waals surface area contributed by atoms with E-state index in [0.29, 0.717) is 13.0 Å². The molecule has 0 saturated carbocycles. The summed E-state index contributed by atoms with van der Waals surface area (Å²) < 4.78 is 5.34. The third kappa shape index (κ3) is 4.07. The van der Waals surface area contributed by atoms with Crippen molar-refractivity contribution >= 4 is 34.9 Å². The van der Waals surface area contributed by atoms with Gasteiger partial charge in [0.15, 0.2) is 5.16 Å². The van der Waals surface area contributed by atoms with Crippen LogP contribution in [0.2, 0.25) is 0 Å². The van der Waals surface area contributed by atoms with Crippen LogP contribution < -0.4 is 0 Å². The van der Waals surface area contributed by atoms with Crippen LogP contribution in [0.5, 0.6) is 0 Å². The van der Waals surface area contributed by atoms with Gasteiger partial charge in [-0.2, -0.15) is 0 Å². The highest BCUT2D eigenvalue weighted by Gasteiger charge is 2.42. The molecule has 1 aliphatic heterocycles. The van der Waals surface area contributed by atoms with Gasteiger partial charge in [0.05, 0.1) is 11.0 Å². The molecule has 0 bridgehead atoms. The Kier molecular flexibility index (Phi) is 4.64. The van der Waals surface area contributed by atoms with Crippen molar-refractivity contribution in [2.45, 2.75) is 49.2 Å². The molecule has 1 amide bonds. The molecular weight excluding hydrogens is 342 g/mol. The van der Waals surface area contributed by atoms with Gasteiger partial charge in [-0.3, -0.25) is 4.90 Å². The van der Waals surface area contributed by atoms with Crippen LogP contribution >= 0.6 is 11.8 Å². The first-order valence-electron chi connectivity index (χ1n) is 8.07. The van der Waals surface area contributed by atoms with Crippen molar-refractivity contribution in [1.29, 1.82) is 0 Å². The first-order chi connectivity index (χ1) is 11.7. The number of aromatic amines is 1. The minimum Gasteiger partial charge on any atom is -0.480 e. The minimum atomic E-state index is -1.02. The summed E-state index contributed by atoms with van der Waals surface area (Å²) in [6, 6.07) is 6.82. The van der Waals surface area contributed by atoms with E-state index < -0.39 is 23.7 Å². The summed E-state index contributed by atoms with van der Waals surface area (Å²) in [6.07, 6.45) is -0.233. The first kappa shape index (κ1) is 17.6. The number of carbonyl (C=O) groups excluding carboxylic acids is 1. The van der Waals surface area contributed by atoms with E-state index in [4.69, 9.17) is 4.74 Å². The molecule has 0 radical (unpaired) electrons. The smallest absolute Gasteiger partial charge is 0.411 e. The number of imidazole rings is 1. The summed E-state index contributed by atoms with van der Waals surface area (Å²) in [5.41, 5.74) is 1.13. The Hall–Kier alpha value is -2.22. The number of hydrogen-bond acceptors (Lipinski definition) is 5. The molecule has 0 spiro atoms. The summed E-state index contributed by atoms with van der Waals surface area (Å²) >= 11 is 1.46. The molecule has 2 N–H and O–H groups in total. The number of carboxylic acid groups (broad SMARTS) is 1. The van der Waals surface area contributed by atoms with E-state index in [-0.39, 0.29) is 5.25 Å². The van der Waals surface area contributed by atoms with Gasteiger partial charge in [-0.1, -0.05) is 23.9 Å². The molecule has 25 heavy (non-hydrogen) atoms. The maximum absolute atomic E-state index is 12.3. The zero-order valence-electron chi connectivity index (χ0n) is 14.4. The van der Waals surface area contributed by atoms with Gasteiger partial charge in [0, 0.05) is 11.8 Å². The van der Waals surface area contributed by atoms with Gasteiger partial charge in [0.2, 0.25) is 0 Å². The molecule has 134 valence electrons. The second-order valence-electron chi connectivity index (χ2n) is 7.02. The van der Waals surface area contributed by atoms with Crippen LogP contribution in [0.1, 0.15) is 27.2 Å². The Labute approximate surface area is 149 Å². The van der Waals surface area contributed by atoms with E-state index in [0.717, 1.165) is 16.2 Å². The number of benzene rings is 1. The zero-order valence-corrected chi connectivity index (χ0v) is 15.2. The molecule has 1 saturated heterocycles. The van der Waals surface area contributed by atoms with Gasteiger partial charge in [0.25, 0.3) is 0 Å². The van der Waals surface area contributed by atoms with Crippen molar-refractivity contribution in [3.63, 3.8) is 0 Å². The quantitative estimate of drug-likeness (QED) is 0.870. The fraction of sp³-hybridized carbons (Fsp3) is 0.471. The number of aromatic nitrogens is 2. The summed E-state index contributed by atoms with van der Waals surface area (Å²) in [7, 11) is 0. The Morgan fingerprint density at radius 1 is 1.36 bits per heavy atom. The number of aliphatic carboxylic acids is 1. The SMILES string of the molecule is CC(C)(C)OC(=O)N1C[C@H](Sc2nc3ccccc3[nH]2)C[C@H]1C(=O)O. The normalized spacial score (nSPS) is 20.8. The highest BCUT2D eigenvalue weighted by molar-refractivity contribution is 7.99. The Bertz CT molecular complexity index is 766. The molecule has 0 aliphatic carbocycles. The van der Waals surface area contributed by atoms with Crippen LogP contribution in [0.3, 0.4) is 0 Å². The van der Waals surface area contributed by atoms with E-state index in [2.05, 4.69) is 9.97 Å². The number of ether oxygens (including phenoxy) is 1. The molecule has 1 aromatic carbocycles. The van der Waals surface area contributed by atoms with E-state index in [1.54, 1.807) is 20.8 Å². The molecule has 7 nitrogen and oxygen atoms in total. The van der Waals surface area contributed by atoms with Gasteiger partial charge in [-0.05, 0) is 39.3 Å². The number of rotatable bonds is 3. The molecule has 1 aromatic heterocycles. The molecule has 1 fully saturated rings. The van der Waals surface area contributed by atoms with Crippen molar-refractivity contribution in [2.24, 2.45) is 0 Å². The third-order valence-corrected chi connectivity index (χ3v) is 4.91. The fourth-order valence-corrected chi connectivity index (χ4v) is 3.93. The molecule has 3 rings (SSSR count). The number of carbonyl (C=O) groups is 2. The molecule has 2 aromatic rings. The summed E-state index contributed by atoms with van der Waals surface area (Å²) in [5.74, 6) is -1.02. The molecular formula is C17H21N3O4S. The van der Waals surface area contributed by atoms with Crippen LogP contribution in [0, 0.1) is 0 Å². The number of amides is 1. The average molecular weight is 363 g/mol. The third-order valence-electron chi connectivity index (χ3n) is 3.82. The topological polar surface area (TPSA) is 95.5 Å². The summed E-state index contributed by atoms with van der Waals surface area (Å²) in [4.78, 5) is 32.9. The fourth-order valence-electron chi connectivity index (χ4n) is 2.78. The van der Waals surface area contributed by atoms with Gasteiger partial charge < -0.3 is 14.8 Å². The predicted molar refractivity (Wildman–Crippen MR) is 94.7 cm³/mol. The first-order valence-corrected chi connectivity index (χ1v) is 8.95. The van der Waals surface area contributed by atoms with Crippen LogP contribution in [-0.4, -0.2) is 55.5 Å². The molecule has 2 heterocycles. The molecule has 1 aliphatic rings. The number of para-hydroxylation sites is 2. The van der Waals surface area contributed by atoms with E-state index in [9.17, 15) is 14.7 Å². The molecule has 2 atom stereocenters. The van der Waals surface area contributed by atoms with E-state index in [1.165, 1.54) is 16.7 Å². The minimum absolute atomic E-state index is 0.0609. The van der Waals surface area contributed by atoms with Gasteiger partial charge >= 0.3 is 12.1 Å². The van der Waals surface area contributed by atoms with E-state index >= 15 is 0 Å². The maximum Gasteiger partial charge on any atom is 0.411 e.